The number of benzene rings is 1. The van der Waals surface area contributed by atoms with E-state index in [0.717, 1.165) is 6.42 Å². The standard InChI is InChI=1S/C15H17N2O2.Ac.Rf/c1-3-9-17-13-12(16-4-2)14(18)10-7-5-6-8-11(10)15(13)19;;/h5-8H,2-4,9H2,1H3,(H2,16,17,18,19);;/q-1;;/p-1. The predicted octanol–water partition coefficient (Wildman–Crippen LogP) is 2.48. The van der Waals surface area contributed by atoms with Crippen LogP contribution >= 0.6 is 0 Å². The van der Waals surface area contributed by atoms with Gasteiger partial charge in [0.05, 0.1) is 5.70 Å². The van der Waals surface area contributed by atoms with Gasteiger partial charge in [0.1, 0.15) is 0 Å². The van der Waals surface area contributed by atoms with Crippen LogP contribution in [0.3, 0.4) is 0 Å². The summed E-state index contributed by atoms with van der Waals surface area (Å²) < 4.78 is 0. The monoisotopic (exact) mass is 750 g/mol. The van der Waals surface area contributed by atoms with Crippen molar-refractivity contribution >= 4 is 11.6 Å². The fraction of sp³-hybridized carbons (Fsp3) is 0.267. The Kier molecular flexibility index (Phi) is 7.91. The molecule has 1 aromatic rings. The van der Waals surface area contributed by atoms with Gasteiger partial charge in [-0.1, -0.05) is 43.3 Å². The van der Waals surface area contributed by atoms with Gasteiger partial charge in [0.25, 0.3) is 0 Å². The van der Waals surface area contributed by atoms with E-state index in [1.54, 1.807) is 24.3 Å². The number of carbonyl (C=O) groups is 2. The minimum Gasteiger partial charge on any atom is -0.679 e. The molecule has 21 heavy (non-hydrogen) atoms. The molecule has 0 aliphatic heterocycles. The zero-order chi connectivity index (χ0) is 13.8. The molecule has 0 saturated carbocycles. The summed E-state index contributed by atoms with van der Waals surface area (Å²) in [6.07, 6.45) is 0.824. The number of nitrogens with zero attached hydrogens (tertiary/aromatic N) is 1. The number of ketones is 2. The van der Waals surface area contributed by atoms with Gasteiger partial charge in [-0.3, -0.25) is 9.59 Å². The van der Waals surface area contributed by atoms with Crippen molar-refractivity contribution in [3.63, 3.8) is 0 Å². The zero-order valence-electron chi connectivity index (χ0n) is 12.2. The van der Waals surface area contributed by atoms with Gasteiger partial charge in [0, 0.05) is 55.2 Å². The van der Waals surface area contributed by atoms with E-state index in [2.05, 4.69) is 17.6 Å². The molecule has 0 aromatic heterocycles. The fourth-order valence-electron chi connectivity index (χ4n) is 2.03. The van der Waals surface area contributed by atoms with E-state index in [1.807, 2.05) is 6.92 Å². The maximum Gasteiger partial charge on any atom is 0.208 e. The van der Waals surface area contributed by atoms with Gasteiger partial charge in [-0.05, 0) is 0 Å². The van der Waals surface area contributed by atoms with Gasteiger partial charge in [-0.25, -0.2) is 0 Å². The van der Waals surface area contributed by atoms with Crippen LogP contribution in [0.1, 0.15) is 34.1 Å². The minimum atomic E-state index is -0.195. The molecule has 4 nitrogen and oxygen atoms in total. The van der Waals surface area contributed by atoms with Crippen LogP contribution in [0.2, 0.25) is 0 Å². The van der Waals surface area contributed by atoms with Crippen LogP contribution in [0.4, 0.5) is 0 Å². The molecule has 0 fully saturated rings. The summed E-state index contributed by atoms with van der Waals surface area (Å²) in [5.41, 5.74) is 1.36. The number of fused-ring (bicyclic) bond motifs is 1. The molecular formula is C15H16AcN2O2Rf-2. The average Bonchev–Trinajstić information content (AvgIpc) is 2.44. The van der Waals surface area contributed by atoms with Gasteiger partial charge < -0.3 is 17.6 Å². The maximum atomic E-state index is 12.4. The summed E-state index contributed by atoms with van der Waals surface area (Å²) in [4.78, 5) is 24.8. The first-order valence-corrected chi connectivity index (χ1v) is 6.34. The Morgan fingerprint density at radius 2 is 1.71 bits per heavy atom. The summed E-state index contributed by atoms with van der Waals surface area (Å²) >= 11 is 0. The summed E-state index contributed by atoms with van der Waals surface area (Å²) in [6, 6.07) is 6.83. The first-order chi connectivity index (χ1) is 9.20. The third-order valence-electron chi connectivity index (χ3n) is 2.89. The van der Waals surface area contributed by atoms with Crippen molar-refractivity contribution in [1.82, 2.24) is 5.32 Å². The van der Waals surface area contributed by atoms with Crippen molar-refractivity contribution in [2.45, 2.75) is 13.3 Å². The molecule has 1 aliphatic rings. The third kappa shape index (κ3) is 3.71. The fourth-order valence-corrected chi connectivity index (χ4v) is 2.03. The number of hydrogen-bond donors (Lipinski definition) is 1. The predicted molar refractivity (Wildman–Crippen MR) is 74.0 cm³/mol. The number of Topliss-reactive ketones (excluding diaryl/α,β-unsaturated/α-hetero) is 2. The van der Waals surface area contributed by atoms with Crippen LogP contribution in [0.15, 0.2) is 35.7 Å². The molecule has 105 valence electrons. The summed E-state index contributed by atoms with van der Waals surface area (Å²) in [5.74, 6) is -0.381. The van der Waals surface area contributed by atoms with Crippen molar-refractivity contribution in [2.75, 3.05) is 13.1 Å². The number of allylic oxidation sites excluding steroid dienone is 2. The smallest absolute Gasteiger partial charge is 0.208 e. The van der Waals surface area contributed by atoms with Crippen molar-refractivity contribution in [1.29, 1.82) is 0 Å². The van der Waals surface area contributed by atoms with Crippen LogP contribution in [-0.4, -0.2) is 24.7 Å². The van der Waals surface area contributed by atoms with Crippen molar-refractivity contribution in [2.24, 2.45) is 0 Å². The molecule has 1 N–H and O–H groups in total. The Bertz CT molecular complexity index is 558. The maximum absolute atomic E-state index is 12.4. The molecule has 0 atom stereocenters. The van der Waals surface area contributed by atoms with E-state index < -0.39 is 0 Å². The Balaban J connectivity index is 0.00000200. The van der Waals surface area contributed by atoms with E-state index in [9.17, 15) is 9.59 Å². The van der Waals surface area contributed by atoms with Gasteiger partial charge in [-0.2, -0.15) is 0 Å². The van der Waals surface area contributed by atoms with E-state index in [0.29, 0.717) is 24.2 Å². The first-order valence-electron chi connectivity index (χ1n) is 6.34. The van der Waals surface area contributed by atoms with Gasteiger partial charge in [0.2, 0.25) is 5.78 Å². The second kappa shape index (κ2) is 8.59. The molecule has 0 unspecified atom stereocenters. The van der Waals surface area contributed by atoms with Crippen LogP contribution in [0.5, 0.6) is 0 Å². The van der Waals surface area contributed by atoms with Crippen LogP contribution in [-0.2, 0) is 0 Å². The van der Waals surface area contributed by atoms with Crippen molar-refractivity contribution in [3.8, 4) is 0 Å². The van der Waals surface area contributed by atoms with E-state index in [4.69, 9.17) is 0 Å². The van der Waals surface area contributed by atoms with Gasteiger partial charge >= 0.3 is 0 Å². The van der Waals surface area contributed by atoms with Crippen molar-refractivity contribution < 1.29 is 53.7 Å². The number of rotatable bonds is 5. The molecule has 1 aromatic carbocycles. The van der Waals surface area contributed by atoms with Crippen LogP contribution in [0.25, 0.3) is 5.32 Å². The number of hydrogen-bond acceptors (Lipinski definition) is 3. The first kappa shape index (κ1) is 19.3. The molecule has 0 heterocycles. The van der Waals surface area contributed by atoms with Gasteiger partial charge in [0.15, 0.2) is 5.78 Å². The Hall–Kier alpha value is -1.66. The quantitative estimate of drug-likeness (QED) is 0.472. The van der Waals surface area contributed by atoms with E-state index >= 15 is 0 Å². The second-order valence-corrected chi connectivity index (χ2v) is 4.24. The Morgan fingerprint density at radius 3 is 2.24 bits per heavy atom. The molecule has 0 saturated heterocycles. The topological polar surface area (TPSA) is 60.3 Å². The molecular weight excluding hydrogens is 734 g/mol. The molecule has 1 aliphatic carbocycles. The van der Waals surface area contributed by atoms with Crippen molar-refractivity contribution in [3.05, 3.63) is 59.0 Å². The molecule has 1 radical (unpaired) electrons. The summed E-state index contributed by atoms with van der Waals surface area (Å²) in [6.45, 7) is 6.49. The summed E-state index contributed by atoms with van der Waals surface area (Å²) in [5, 5.41) is 7.12. The normalized spacial score (nSPS) is 13.0. The van der Waals surface area contributed by atoms with E-state index in [1.165, 1.54) is 0 Å². The average molecular weight is 750 g/mol. The minimum absolute atomic E-state index is 0. The molecule has 0 amide bonds. The molecule has 0 spiro atoms. The molecule has 2 rings (SSSR count). The zero-order valence-corrected chi connectivity index (χ0v) is 23.3. The van der Waals surface area contributed by atoms with E-state index in [-0.39, 0.29) is 67.0 Å². The SMILES string of the molecule is [Ac].[CH2-]CNC1=C([N-]CCC)C(=O)c2ccccc2C1=O.[Rf]. The van der Waals surface area contributed by atoms with Crippen LogP contribution in [0, 0.1) is 51.0 Å². The number of carbonyl (C=O) groups excluding carboxylic acids is 2. The number of nitrogens with one attached hydrogen (secondary N) is 1. The Labute approximate surface area is 154 Å². The molecule has 0 bridgehead atoms. The Morgan fingerprint density at radius 1 is 1.14 bits per heavy atom. The third-order valence-corrected chi connectivity index (χ3v) is 2.89. The summed E-state index contributed by atoms with van der Waals surface area (Å²) in [7, 11) is 0. The van der Waals surface area contributed by atoms with Gasteiger partial charge in [-0.15, -0.1) is 13.1 Å². The second-order valence-electron chi connectivity index (χ2n) is 4.24. The molecule has 6 heteroatoms. The van der Waals surface area contributed by atoms with Crippen LogP contribution < -0.4 is 5.32 Å². The largest absolute Gasteiger partial charge is 0.679 e.